The molecule has 1 aromatic carbocycles. The van der Waals surface area contributed by atoms with Gasteiger partial charge in [0.25, 0.3) is 11.6 Å². The summed E-state index contributed by atoms with van der Waals surface area (Å²) >= 11 is 0. The van der Waals surface area contributed by atoms with Gasteiger partial charge in [0.2, 0.25) is 0 Å². The fourth-order valence-electron chi connectivity index (χ4n) is 2.91. The number of carbonyl (C=O) groups excluding carboxylic acids is 1. The molecule has 0 aliphatic rings. The van der Waals surface area contributed by atoms with Gasteiger partial charge in [0.05, 0.1) is 16.6 Å². The van der Waals surface area contributed by atoms with Gasteiger partial charge >= 0.3 is 6.61 Å². The summed E-state index contributed by atoms with van der Waals surface area (Å²) in [5.41, 5.74) is 2.95. The van der Waals surface area contributed by atoms with Crippen molar-refractivity contribution in [3.05, 3.63) is 52.8 Å². The van der Waals surface area contributed by atoms with Crippen molar-refractivity contribution in [2.45, 2.75) is 39.8 Å². The first kappa shape index (κ1) is 19.7. The zero-order valence-corrected chi connectivity index (χ0v) is 16.1. The number of amides is 1. The minimum Gasteiger partial charge on any atom is -0.435 e. The summed E-state index contributed by atoms with van der Waals surface area (Å²) in [7, 11) is 1.68. The smallest absolute Gasteiger partial charge is 0.387 e. The van der Waals surface area contributed by atoms with Gasteiger partial charge < -0.3 is 14.2 Å². The Morgan fingerprint density at radius 2 is 1.93 bits per heavy atom. The largest absolute Gasteiger partial charge is 0.435 e. The van der Waals surface area contributed by atoms with Crippen molar-refractivity contribution < 1.29 is 22.8 Å². The normalized spacial score (nSPS) is 11.4. The van der Waals surface area contributed by atoms with Crippen molar-refractivity contribution in [1.82, 2.24) is 15.0 Å². The standard InChI is InChI=1S/C20H21F2N3O3/c1-11(2)16-9-15(17-12(3)24-28-18(17)23-16)19(26)25(4)10-13-5-7-14(8-6-13)27-20(21)22/h5-9,11,20H,10H2,1-4H3. The SMILES string of the molecule is Cc1noc2nc(C(C)C)cc(C(=O)N(C)Cc3ccc(OC(F)F)cc3)c12. The number of aromatic nitrogens is 2. The Balaban J connectivity index is 1.86. The lowest BCUT2D eigenvalue weighted by Gasteiger charge is -2.19. The molecule has 0 saturated carbocycles. The van der Waals surface area contributed by atoms with E-state index >= 15 is 0 Å². The molecule has 3 aromatic rings. The van der Waals surface area contributed by atoms with Crippen molar-refractivity contribution in [2.24, 2.45) is 0 Å². The molecule has 28 heavy (non-hydrogen) atoms. The molecule has 0 unspecified atom stereocenters. The second-order valence-corrected chi connectivity index (χ2v) is 6.88. The first-order valence-electron chi connectivity index (χ1n) is 8.82. The topological polar surface area (TPSA) is 68.5 Å². The van der Waals surface area contributed by atoms with E-state index < -0.39 is 6.61 Å². The zero-order chi connectivity index (χ0) is 20.4. The quantitative estimate of drug-likeness (QED) is 0.620. The molecule has 0 N–H and O–H groups in total. The van der Waals surface area contributed by atoms with Gasteiger partial charge in [-0.3, -0.25) is 4.79 Å². The van der Waals surface area contributed by atoms with E-state index in [1.807, 2.05) is 13.8 Å². The Morgan fingerprint density at radius 3 is 2.54 bits per heavy atom. The number of halogens is 2. The van der Waals surface area contributed by atoms with E-state index in [1.54, 1.807) is 37.1 Å². The Hall–Kier alpha value is -3.03. The molecule has 6 nitrogen and oxygen atoms in total. The molecule has 3 rings (SSSR count). The Bertz CT molecular complexity index is 984. The van der Waals surface area contributed by atoms with Crippen LogP contribution in [0.25, 0.3) is 11.1 Å². The van der Waals surface area contributed by atoms with Gasteiger partial charge in [0, 0.05) is 19.3 Å². The van der Waals surface area contributed by atoms with Crippen LogP contribution in [0.1, 0.15) is 47.1 Å². The Labute approximate surface area is 161 Å². The van der Waals surface area contributed by atoms with Crippen LogP contribution in [-0.4, -0.2) is 34.6 Å². The molecular weight excluding hydrogens is 368 g/mol. The minimum absolute atomic E-state index is 0.0743. The lowest BCUT2D eigenvalue weighted by molar-refractivity contribution is -0.0498. The molecule has 0 atom stereocenters. The maximum Gasteiger partial charge on any atom is 0.387 e. The predicted molar refractivity (Wildman–Crippen MR) is 99.5 cm³/mol. The summed E-state index contributed by atoms with van der Waals surface area (Å²) in [5.74, 6) is -0.00667. The molecule has 0 aliphatic carbocycles. The van der Waals surface area contributed by atoms with Crippen LogP contribution in [0, 0.1) is 6.92 Å². The second-order valence-electron chi connectivity index (χ2n) is 6.88. The van der Waals surface area contributed by atoms with Crippen molar-refractivity contribution in [1.29, 1.82) is 0 Å². The third-order valence-electron chi connectivity index (χ3n) is 4.37. The summed E-state index contributed by atoms with van der Waals surface area (Å²) < 4.78 is 34.1. The van der Waals surface area contributed by atoms with Crippen LogP contribution >= 0.6 is 0 Å². The van der Waals surface area contributed by atoms with E-state index in [4.69, 9.17) is 4.52 Å². The van der Waals surface area contributed by atoms with E-state index in [9.17, 15) is 13.6 Å². The third kappa shape index (κ3) is 4.11. The van der Waals surface area contributed by atoms with E-state index in [0.717, 1.165) is 11.3 Å². The van der Waals surface area contributed by atoms with Crippen molar-refractivity contribution in [3.8, 4) is 5.75 Å². The number of fused-ring (bicyclic) bond motifs is 1. The fourth-order valence-corrected chi connectivity index (χ4v) is 2.91. The molecule has 1 amide bonds. The first-order chi connectivity index (χ1) is 13.3. The third-order valence-corrected chi connectivity index (χ3v) is 4.37. The number of carbonyl (C=O) groups is 1. The molecule has 0 bridgehead atoms. The molecule has 2 aromatic heterocycles. The van der Waals surface area contributed by atoms with Crippen molar-refractivity contribution >= 4 is 17.0 Å². The van der Waals surface area contributed by atoms with Crippen LogP contribution in [0.2, 0.25) is 0 Å². The fraction of sp³-hybridized carbons (Fsp3) is 0.350. The van der Waals surface area contributed by atoms with Crippen LogP contribution in [0.5, 0.6) is 5.75 Å². The Morgan fingerprint density at radius 1 is 1.25 bits per heavy atom. The number of nitrogens with zero attached hydrogens (tertiary/aromatic N) is 3. The average molecular weight is 389 g/mol. The van der Waals surface area contributed by atoms with Crippen LogP contribution < -0.4 is 4.74 Å². The summed E-state index contributed by atoms with van der Waals surface area (Å²) in [6.07, 6.45) is 0. The summed E-state index contributed by atoms with van der Waals surface area (Å²) in [4.78, 5) is 19.1. The van der Waals surface area contributed by atoms with Crippen LogP contribution in [-0.2, 0) is 6.54 Å². The molecule has 0 fully saturated rings. The van der Waals surface area contributed by atoms with E-state index in [0.29, 0.717) is 28.9 Å². The lowest BCUT2D eigenvalue weighted by Crippen LogP contribution is -2.26. The van der Waals surface area contributed by atoms with Gasteiger partial charge in [-0.15, -0.1) is 0 Å². The molecule has 0 saturated heterocycles. The maximum atomic E-state index is 13.1. The summed E-state index contributed by atoms with van der Waals surface area (Å²) in [6, 6.07) is 7.97. The number of hydrogen-bond donors (Lipinski definition) is 0. The van der Waals surface area contributed by atoms with E-state index in [-0.39, 0.29) is 17.6 Å². The molecule has 2 heterocycles. The van der Waals surface area contributed by atoms with Gasteiger partial charge in [-0.25, -0.2) is 4.98 Å². The highest BCUT2D eigenvalue weighted by Crippen LogP contribution is 2.26. The molecule has 0 radical (unpaired) electrons. The molecule has 0 aliphatic heterocycles. The number of ether oxygens (including phenoxy) is 1. The van der Waals surface area contributed by atoms with Gasteiger partial charge in [-0.2, -0.15) is 8.78 Å². The zero-order valence-electron chi connectivity index (χ0n) is 16.1. The number of alkyl halides is 2. The van der Waals surface area contributed by atoms with Crippen LogP contribution in [0.15, 0.2) is 34.9 Å². The van der Waals surface area contributed by atoms with Crippen LogP contribution in [0.3, 0.4) is 0 Å². The van der Waals surface area contributed by atoms with Crippen molar-refractivity contribution in [2.75, 3.05) is 7.05 Å². The molecule has 8 heteroatoms. The number of rotatable bonds is 6. The maximum absolute atomic E-state index is 13.1. The first-order valence-corrected chi connectivity index (χ1v) is 8.82. The van der Waals surface area contributed by atoms with Gasteiger partial charge in [0.15, 0.2) is 0 Å². The predicted octanol–water partition coefficient (Wildman–Crippen LogP) is 4.53. The molecule has 0 spiro atoms. The monoisotopic (exact) mass is 389 g/mol. The highest BCUT2D eigenvalue weighted by molar-refractivity contribution is 6.05. The summed E-state index contributed by atoms with van der Waals surface area (Å²) in [5, 5.41) is 4.53. The number of hydrogen-bond acceptors (Lipinski definition) is 5. The summed E-state index contributed by atoms with van der Waals surface area (Å²) in [6.45, 7) is 3.17. The van der Waals surface area contributed by atoms with Gasteiger partial charge in [-0.1, -0.05) is 31.1 Å². The van der Waals surface area contributed by atoms with E-state index in [1.165, 1.54) is 12.1 Å². The second kappa shape index (κ2) is 7.92. The minimum atomic E-state index is -2.87. The van der Waals surface area contributed by atoms with Gasteiger partial charge in [-0.05, 0) is 36.6 Å². The average Bonchev–Trinajstić information content (AvgIpc) is 3.02. The van der Waals surface area contributed by atoms with Crippen LogP contribution in [0.4, 0.5) is 8.78 Å². The van der Waals surface area contributed by atoms with Gasteiger partial charge in [0.1, 0.15) is 5.75 Å². The number of aryl methyl sites for hydroxylation is 1. The Kier molecular flexibility index (Phi) is 5.58. The number of pyridine rings is 1. The highest BCUT2D eigenvalue weighted by atomic mass is 19.3. The molecular formula is C20H21F2N3O3. The number of benzene rings is 1. The lowest BCUT2D eigenvalue weighted by atomic mass is 10.0. The molecule has 148 valence electrons. The van der Waals surface area contributed by atoms with E-state index in [2.05, 4.69) is 14.9 Å². The highest BCUT2D eigenvalue weighted by Gasteiger charge is 2.22. The van der Waals surface area contributed by atoms with Crippen molar-refractivity contribution in [3.63, 3.8) is 0 Å².